The fourth-order valence-corrected chi connectivity index (χ4v) is 2.90. The third-order valence-corrected chi connectivity index (χ3v) is 4.82. The highest BCUT2D eigenvalue weighted by molar-refractivity contribution is 7.89. The van der Waals surface area contributed by atoms with E-state index in [1.165, 1.54) is 12.1 Å². The molecule has 2 rings (SSSR count). The summed E-state index contributed by atoms with van der Waals surface area (Å²) in [6, 6.07) is 8.57. The van der Waals surface area contributed by atoms with Crippen molar-refractivity contribution in [1.82, 2.24) is 4.90 Å². The van der Waals surface area contributed by atoms with Gasteiger partial charge in [-0.15, -0.1) is 0 Å². The first-order chi connectivity index (χ1) is 12.1. The Labute approximate surface area is 150 Å². The highest BCUT2D eigenvalue weighted by Crippen LogP contribution is 2.20. The molecular weight excluding hydrogens is 364 g/mol. The Morgan fingerprint density at radius 3 is 2.19 bits per heavy atom. The van der Waals surface area contributed by atoms with Crippen molar-refractivity contribution in [3.8, 4) is 0 Å². The number of amides is 1. The number of sulfonamides is 1. The molecule has 1 unspecified atom stereocenters. The van der Waals surface area contributed by atoms with Gasteiger partial charge in [-0.3, -0.25) is 9.69 Å². The van der Waals surface area contributed by atoms with E-state index in [2.05, 4.69) is 5.32 Å². The molecule has 9 heteroatoms. The number of carbonyl (C=O) groups is 1. The van der Waals surface area contributed by atoms with Crippen LogP contribution in [-0.4, -0.2) is 32.8 Å². The minimum Gasteiger partial charge on any atom is -0.325 e. The number of rotatable bonds is 6. The van der Waals surface area contributed by atoms with Crippen LogP contribution in [0.3, 0.4) is 0 Å². The molecule has 2 aromatic carbocycles. The summed E-state index contributed by atoms with van der Waals surface area (Å²) in [5, 5.41) is 7.49. The van der Waals surface area contributed by atoms with Crippen LogP contribution in [-0.2, 0) is 14.8 Å². The number of anilines is 1. The number of hydrogen-bond donors (Lipinski definition) is 2. The first-order valence-electron chi connectivity index (χ1n) is 7.65. The molecule has 0 aliphatic carbocycles. The summed E-state index contributed by atoms with van der Waals surface area (Å²) in [6.45, 7) is 1.80. The van der Waals surface area contributed by atoms with Crippen molar-refractivity contribution in [2.24, 2.45) is 5.14 Å². The minimum absolute atomic E-state index is 0.00183. The van der Waals surface area contributed by atoms with Gasteiger partial charge in [-0.2, -0.15) is 0 Å². The Balaban J connectivity index is 2.01. The average molecular weight is 383 g/mol. The van der Waals surface area contributed by atoms with Gasteiger partial charge < -0.3 is 5.32 Å². The van der Waals surface area contributed by atoms with E-state index in [0.717, 1.165) is 23.8 Å². The monoisotopic (exact) mass is 383 g/mol. The van der Waals surface area contributed by atoms with Crippen LogP contribution in [0.4, 0.5) is 14.5 Å². The molecule has 26 heavy (non-hydrogen) atoms. The van der Waals surface area contributed by atoms with Crippen molar-refractivity contribution >= 4 is 21.6 Å². The van der Waals surface area contributed by atoms with E-state index in [-0.39, 0.29) is 23.2 Å². The first-order valence-corrected chi connectivity index (χ1v) is 9.20. The molecule has 0 fully saturated rings. The number of carbonyl (C=O) groups excluding carboxylic acids is 1. The largest absolute Gasteiger partial charge is 0.325 e. The maximum atomic E-state index is 13.2. The molecule has 0 saturated heterocycles. The van der Waals surface area contributed by atoms with Crippen molar-refractivity contribution in [3.05, 3.63) is 59.7 Å². The van der Waals surface area contributed by atoms with Gasteiger partial charge in [0.1, 0.15) is 11.6 Å². The van der Waals surface area contributed by atoms with E-state index in [4.69, 9.17) is 5.14 Å². The second kappa shape index (κ2) is 7.90. The molecule has 0 saturated carbocycles. The van der Waals surface area contributed by atoms with Gasteiger partial charge in [0.25, 0.3) is 0 Å². The number of benzene rings is 2. The van der Waals surface area contributed by atoms with Gasteiger partial charge in [0, 0.05) is 17.8 Å². The molecule has 140 valence electrons. The molecule has 0 bridgehead atoms. The van der Waals surface area contributed by atoms with Crippen LogP contribution >= 0.6 is 0 Å². The lowest BCUT2D eigenvalue weighted by molar-refractivity contribution is -0.117. The second-order valence-electron chi connectivity index (χ2n) is 5.91. The Hall–Kier alpha value is -2.36. The van der Waals surface area contributed by atoms with E-state index in [9.17, 15) is 22.0 Å². The number of halogens is 2. The maximum absolute atomic E-state index is 13.2. The van der Waals surface area contributed by atoms with Crippen LogP contribution < -0.4 is 10.5 Å². The second-order valence-corrected chi connectivity index (χ2v) is 7.47. The molecule has 0 aliphatic heterocycles. The van der Waals surface area contributed by atoms with Gasteiger partial charge in [0.05, 0.1) is 11.4 Å². The third kappa shape index (κ3) is 5.32. The van der Waals surface area contributed by atoms with E-state index in [1.54, 1.807) is 24.1 Å². The van der Waals surface area contributed by atoms with Gasteiger partial charge in [0.2, 0.25) is 15.9 Å². The summed E-state index contributed by atoms with van der Waals surface area (Å²) in [4.78, 5) is 13.8. The van der Waals surface area contributed by atoms with Gasteiger partial charge in [-0.25, -0.2) is 22.3 Å². The Morgan fingerprint density at radius 2 is 1.69 bits per heavy atom. The average Bonchev–Trinajstić information content (AvgIpc) is 2.52. The van der Waals surface area contributed by atoms with Crippen molar-refractivity contribution < 1.29 is 22.0 Å². The predicted molar refractivity (Wildman–Crippen MR) is 93.8 cm³/mol. The highest BCUT2D eigenvalue weighted by atomic mass is 32.2. The van der Waals surface area contributed by atoms with E-state index >= 15 is 0 Å². The number of nitrogens with two attached hydrogens (primary N) is 1. The number of nitrogens with one attached hydrogen (secondary N) is 1. The van der Waals surface area contributed by atoms with Crippen LogP contribution in [0.5, 0.6) is 0 Å². The molecule has 3 N–H and O–H groups in total. The minimum atomic E-state index is -3.77. The first kappa shape index (κ1) is 20.0. The van der Waals surface area contributed by atoms with Crippen molar-refractivity contribution in [2.45, 2.75) is 17.9 Å². The predicted octanol–water partition coefficient (Wildman–Crippen LogP) is 2.24. The van der Waals surface area contributed by atoms with Gasteiger partial charge >= 0.3 is 0 Å². The zero-order valence-corrected chi connectivity index (χ0v) is 15.1. The number of primary sulfonamides is 1. The summed E-state index contributed by atoms with van der Waals surface area (Å²) >= 11 is 0. The zero-order chi connectivity index (χ0) is 19.5. The lowest BCUT2D eigenvalue weighted by Gasteiger charge is -2.24. The zero-order valence-electron chi connectivity index (χ0n) is 14.2. The molecular formula is C17H19F2N3O3S. The van der Waals surface area contributed by atoms with Crippen molar-refractivity contribution in [1.29, 1.82) is 0 Å². The maximum Gasteiger partial charge on any atom is 0.238 e. The summed E-state index contributed by atoms with van der Waals surface area (Å²) in [7, 11) is -2.07. The normalized spacial score (nSPS) is 12.8. The lowest BCUT2D eigenvalue weighted by atomic mass is 10.1. The Morgan fingerprint density at radius 1 is 1.15 bits per heavy atom. The van der Waals surface area contributed by atoms with E-state index in [1.807, 2.05) is 6.92 Å². The summed E-state index contributed by atoms with van der Waals surface area (Å²) in [6.07, 6.45) is 0. The molecule has 0 aromatic heterocycles. The van der Waals surface area contributed by atoms with Gasteiger partial charge in [-0.1, -0.05) is 12.1 Å². The Kier molecular flexibility index (Phi) is 6.06. The topological polar surface area (TPSA) is 92.5 Å². The quantitative estimate of drug-likeness (QED) is 0.800. The highest BCUT2D eigenvalue weighted by Gasteiger charge is 2.16. The molecule has 1 atom stereocenters. The number of likely N-dealkylation sites (N-methyl/N-ethyl adjacent to an activating group) is 1. The number of nitrogens with zero attached hydrogens (tertiary/aromatic N) is 1. The smallest absolute Gasteiger partial charge is 0.238 e. The van der Waals surface area contributed by atoms with E-state index < -0.39 is 27.6 Å². The summed E-state index contributed by atoms with van der Waals surface area (Å²) in [5.74, 6) is -2.00. The van der Waals surface area contributed by atoms with Crippen molar-refractivity contribution in [2.75, 3.05) is 18.9 Å². The molecule has 0 spiro atoms. The Bertz CT molecular complexity index is 882. The molecule has 2 aromatic rings. The van der Waals surface area contributed by atoms with Gasteiger partial charge in [0.15, 0.2) is 0 Å². The van der Waals surface area contributed by atoms with Crippen LogP contribution in [0, 0.1) is 11.6 Å². The third-order valence-electron chi connectivity index (χ3n) is 3.89. The van der Waals surface area contributed by atoms with Crippen LogP contribution in [0.2, 0.25) is 0 Å². The molecule has 0 heterocycles. The fraction of sp³-hybridized carbons (Fsp3) is 0.235. The van der Waals surface area contributed by atoms with Crippen LogP contribution in [0.15, 0.2) is 47.4 Å². The number of hydrogen-bond acceptors (Lipinski definition) is 4. The molecule has 0 radical (unpaired) electrons. The lowest BCUT2D eigenvalue weighted by Crippen LogP contribution is -2.32. The standard InChI is InChI=1S/C17H19F2N3O3S/c1-11(12-3-5-16(6-4-12)26(20,24)25)22(2)10-17(23)21-15-8-13(18)7-14(19)9-15/h3-9,11H,10H2,1-2H3,(H,21,23)(H2,20,24,25). The van der Waals surface area contributed by atoms with Crippen LogP contribution in [0.1, 0.15) is 18.5 Å². The van der Waals surface area contributed by atoms with Crippen molar-refractivity contribution in [3.63, 3.8) is 0 Å². The fourth-order valence-electron chi connectivity index (χ4n) is 2.38. The van der Waals surface area contributed by atoms with Gasteiger partial charge in [-0.05, 0) is 43.8 Å². The molecule has 0 aliphatic rings. The van der Waals surface area contributed by atoms with E-state index in [0.29, 0.717) is 0 Å². The molecule has 6 nitrogen and oxygen atoms in total. The summed E-state index contributed by atoms with van der Waals surface area (Å²) in [5.41, 5.74) is 0.815. The van der Waals surface area contributed by atoms with Crippen LogP contribution in [0.25, 0.3) is 0 Å². The SMILES string of the molecule is CC(c1ccc(S(N)(=O)=O)cc1)N(C)CC(=O)Nc1cc(F)cc(F)c1. The molecule has 1 amide bonds. The summed E-state index contributed by atoms with van der Waals surface area (Å²) < 4.78 is 48.9.